The minimum atomic E-state index is -4.48. The van der Waals surface area contributed by atoms with E-state index < -0.39 is 11.7 Å². The molecule has 0 atom stereocenters. The topological polar surface area (TPSA) is 48.5 Å². The number of alkyl halides is 3. The van der Waals surface area contributed by atoms with E-state index in [1.807, 2.05) is 31.2 Å². The molecule has 9 heteroatoms. The number of anilines is 1. The fraction of sp³-hybridized carbons (Fsp3) is 0.400. The molecule has 1 saturated heterocycles. The normalized spacial score (nSPS) is 14.8. The fourth-order valence-corrected chi connectivity index (χ4v) is 3.53. The van der Waals surface area contributed by atoms with E-state index in [9.17, 15) is 18.0 Å². The summed E-state index contributed by atoms with van der Waals surface area (Å²) in [5.74, 6) is 0.305. The Kier molecular flexibility index (Phi) is 6.52. The van der Waals surface area contributed by atoms with Crippen LogP contribution in [0.3, 0.4) is 0 Å². The molecule has 0 unspecified atom stereocenters. The first-order valence-corrected chi connectivity index (χ1v) is 9.68. The number of urea groups is 1. The lowest BCUT2D eigenvalue weighted by Crippen LogP contribution is -2.52. The summed E-state index contributed by atoms with van der Waals surface area (Å²) < 4.78 is 38.3. The van der Waals surface area contributed by atoms with Crippen molar-refractivity contribution in [2.45, 2.75) is 19.5 Å². The van der Waals surface area contributed by atoms with E-state index in [-0.39, 0.29) is 11.1 Å². The average Bonchev–Trinajstić information content (AvgIpc) is 2.69. The molecule has 0 bridgehead atoms. The Balaban J connectivity index is 1.50. The number of aryl methyl sites for hydroxylation is 1. The number of hydrogen-bond acceptors (Lipinski definition) is 3. The van der Waals surface area contributed by atoms with Gasteiger partial charge in [-0.2, -0.15) is 13.2 Å². The van der Waals surface area contributed by atoms with Gasteiger partial charge in [0.1, 0.15) is 5.82 Å². The molecule has 2 heterocycles. The van der Waals surface area contributed by atoms with Gasteiger partial charge in [-0.15, -0.1) is 0 Å². The summed E-state index contributed by atoms with van der Waals surface area (Å²) in [5.41, 5.74) is 1.51. The maximum atomic E-state index is 12.8. The van der Waals surface area contributed by atoms with Gasteiger partial charge in [0.2, 0.25) is 0 Å². The highest BCUT2D eigenvalue weighted by atomic mass is 35.5. The van der Waals surface area contributed by atoms with Crippen LogP contribution in [0.4, 0.5) is 23.8 Å². The summed E-state index contributed by atoms with van der Waals surface area (Å²) in [5, 5.41) is 2.87. The minimum Gasteiger partial charge on any atom is -0.352 e. The van der Waals surface area contributed by atoms with Gasteiger partial charge in [0.25, 0.3) is 0 Å². The van der Waals surface area contributed by atoms with Gasteiger partial charge in [-0.05, 0) is 30.5 Å². The van der Waals surface area contributed by atoms with Crippen LogP contribution >= 0.6 is 11.6 Å². The highest BCUT2D eigenvalue weighted by molar-refractivity contribution is 6.33. The van der Waals surface area contributed by atoms with Crippen molar-refractivity contribution < 1.29 is 18.0 Å². The van der Waals surface area contributed by atoms with E-state index in [1.165, 1.54) is 11.1 Å². The van der Waals surface area contributed by atoms with Crippen molar-refractivity contribution in [3.05, 3.63) is 58.2 Å². The molecule has 0 saturated carbocycles. The first kappa shape index (κ1) is 21.2. The average molecular weight is 427 g/mol. The van der Waals surface area contributed by atoms with Crippen molar-refractivity contribution in [2.24, 2.45) is 0 Å². The Bertz CT molecular complexity index is 867. The number of nitrogens with one attached hydrogen (secondary N) is 1. The molecule has 1 aliphatic rings. The molecule has 29 heavy (non-hydrogen) atoms. The Hall–Kier alpha value is -2.48. The zero-order valence-corrected chi connectivity index (χ0v) is 16.7. The molecule has 2 aromatic rings. The lowest BCUT2D eigenvalue weighted by Gasteiger charge is -2.35. The number of piperazine rings is 1. The Morgan fingerprint density at radius 2 is 1.90 bits per heavy atom. The summed E-state index contributed by atoms with van der Waals surface area (Å²) in [6, 6.07) is 8.77. The molecule has 1 N–H and O–H groups in total. The van der Waals surface area contributed by atoms with Crippen molar-refractivity contribution in [1.29, 1.82) is 0 Å². The summed E-state index contributed by atoms with van der Waals surface area (Å²) in [4.78, 5) is 19.7. The van der Waals surface area contributed by atoms with Gasteiger partial charge in [0.05, 0.1) is 10.6 Å². The monoisotopic (exact) mass is 426 g/mol. The third kappa shape index (κ3) is 5.32. The molecular formula is C20H22ClF3N4O. The predicted octanol–water partition coefficient (Wildman–Crippen LogP) is 4.14. The summed E-state index contributed by atoms with van der Waals surface area (Å²) >= 11 is 6.01. The molecule has 1 aromatic heterocycles. The molecule has 5 nitrogen and oxygen atoms in total. The van der Waals surface area contributed by atoms with Crippen LogP contribution in [0, 0.1) is 6.92 Å². The van der Waals surface area contributed by atoms with Gasteiger partial charge in [-0.3, -0.25) is 0 Å². The fourth-order valence-electron chi connectivity index (χ4n) is 3.25. The van der Waals surface area contributed by atoms with Crippen LogP contribution in [-0.2, 0) is 12.6 Å². The Morgan fingerprint density at radius 3 is 2.52 bits per heavy atom. The number of carbonyl (C=O) groups is 1. The van der Waals surface area contributed by atoms with Crippen LogP contribution in [0.2, 0.25) is 5.02 Å². The Morgan fingerprint density at radius 1 is 1.21 bits per heavy atom. The second kappa shape index (κ2) is 8.90. The number of nitrogens with zero attached hydrogens (tertiary/aromatic N) is 3. The van der Waals surface area contributed by atoms with Gasteiger partial charge in [-0.25, -0.2) is 9.78 Å². The van der Waals surface area contributed by atoms with Crippen LogP contribution in [0.1, 0.15) is 16.7 Å². The number of hydrogen-bond donors (Lipinski definition) is 1. The second-order valence-corrected chi connectivity index (χ2v) is 7.32. The van der Waals surface area contributed by atoms with Gasteiger partial charge in [-0.1, -0.05) is 35.9 Å². The van der Waals surface area contributed by atoms with Gasteiger partial charge >= 0.3 is 12.2 Å². The van der Waals surface area contributed by atoms with Crippen molar-refractivity contribution in [2.75, 3.05) is 37.6 Å². The maximum absolute atomic E-state index is 12.8. The van der Waals surface area contributed by atoms with Gasteiger partial charge in [0, 0.05) is 38.9 Å². The lowest BCUT2D eigenvalue weighted by atomic mass is 10.1. The molecule has 3 rings (SSSR count). The first-order valence-electron chi connectivity index (χ1n) is 9.30. The van der Waals surface area contributed by atoms with Crippen LogP contribution in [0.25, 0.3) is 0 Å². The number of rotatable bonds is 4. The summed E-state index contributed by atoms with van der Waals surface area (Å²) in [6.45, 7) is 4.35. The van der Waals surface area contributed by atoms with E-state index in [1.54, 1.807) is 9.80 Å². The van der Waals surface area contributed by atoms with E-state index in [4.69, 9.17) is 11.6 Å². The summed E-state index contributed by atoms with van der Waals surface area (Å²) in [6.07, 6.45) is -2.94. The standard InChI is InChI=1S/C20H22ClF3N4O/c1-14-4-2-3-5-15(14)6-7-25-19(29)28-10-8-27(9-11-28)18-17(21)12-16(13-26-18)20(22,23)24/h2-5,12-13H,6-11H2,1H3,(H,25,29). The third-order valence-corrected chi connectivity index (χ3v) is 5.23. The van der Waals surface area contributed by atoms with Crippen LogP contribution in [0.15, 0.2) is 36.5 Å². The molecule has 2 amide bonds. The van der Waals surface area contributed by atoms with E-state index in [2.05, 4.69) is 10.3 Å². The quantitative estimate of drug-likeness (QED) is 0.799. The zero-order valence-electron chi connectivity index (χ0n) is 16.0. The molecule has 0 spiro atoms. The summed E-state index contributed by atoms with van der Waals surface area (Å²) in [7, 11) is 0. The number of pyridine rings is 1. The number of benzene rings is 1. The van der Waals surface area contributed by atoms with Crippen molar-refractivity contribution in [3.63, 3.8) is 0 Å². The van der Waals surface area contributed by atoms with Crippen molar-refractivity contribution >= 4 is 23.4 Å². The third-order valence-electron chi connectivity index (χ3n) is 4.95. The molecule has 0 aliphatic carbocycles. The number of aromatic nitrogens is 1. The number of amides is 2. The highest BCUT2D eigenvalue weighted by Crippen LogP contribution is 2.33. The van der Waals surface area contributed by atoms with Gasteiger partial charge < -0.3 is 15.1 Å². The largest absolute Gasteiger partial charge is 0.417 e. The first-order chi connectivity index (χ1) is 13.8. The van der Waals surface area contributed by atoms with Crippen molar-refractivity contribution in [3.8, 4) is 0 Å². The minimum absolute atomic E-state index is 0.0454. The van der Waals surface area contributed by atoms with E-state index in [0.29, 0.717) is 38.5 Å². The molecule has 156 valence electrons. The lowest BCUT2D eigenvalue weighted by molar-refractivity contribution is -0.137. The smallest absolute Gasteiger partial charge is 0.352 e. The van der Waals surface area contributed by atoms with Crippen LogP contribution in [0.5, 0.6) is 0 Å². The number of halogens is 4. The second-order valence-electron chi connectivity index (χ2n) is 6.91. The molecular weight excluding hydrogens is 405 g/mol. The predicted molar refractivity (Wildman–Crippen MR) is 106 cm³/mol. The Labute approximate surface area is 172 Å². The highest BCUT2D eigenvalue weighted by Gasteiger charge is 2.32. The molecule has 1 aromatic carbocycles. The van der Waals surface area contributed by atoms with Crippen molar-refractivity contribution in [1.82, 2.24) is 15.2 Å². The maximum Gasteiger partial charge on any atom is 0.417 e. The zero-order chi connectivity index (χ0) is 21.0. The van der Waals surface area contributed by atoms with Crippen LogP contribution in [-0.4, -0.2) is 48.6 Å². The van der Waals surface area contributed by atoms with E-state index >= 15 is 0 Å². The molecule has 1 fully saturated rings. The van der Waals surface area contributed by atoms with E-state index in [0.717, 1.165) is 18.7 Å². The molecule has 0 radical (unpaired) electrons. The van der Waals surface area contributed by atoms with Gasteiger partial charge in [0.15, 0.2) is 0 Å². The number of carbonyl (C=O) groups excluding carboxylic acids is 1. The molecule has 1 aliphatic heterocycles. The van der Waals surface area contributed by atoms with Crippen LogP contribution < -0.4 is 10.2 Å². The SMILES string of the molecule is Cc1ccccc1CCNC(=O)N1CCN(c2ncc(C(F)(F)F)cc2Cl)CC1.